The van der Waals surface area contributed by atoms with Crippen LogP contribution in [0.3, 0.4) is 0 Å². The summed E-state index contributed by atoms with van der Waals surface area (Å²) in [4.78, 5) is 149. The number of nitrogens with zero attached hydrogens (tertiary/aromatic N) is 1. The first kappa shape index (κ1) is 58.6. The molecule has 27 heteroatoms. The molecule has 0 radical (unpaired) electrons. The Morgan fingerprint density at radius 1 is 0.699 bits per heavy atom. The Labute approximate surface area is 428 Å². The van der Waals surface area contributed by atoms with Gasteiger partial charge in [-0.25, -0.2) is 0 Å². The number of hydrogen-bond acceptors (Lipinski definition) is 16. The highest BCUT2D eigenvalue weighted by atomic mass is 33.1. The van der Waals surface area contributed by atoms with Gasteiger partial charge in [0.15, 0.2) is 0 Å². The first-order valence-corrected chi connectivity index (χ1v) is 26.0. The van der Waals surface area contributed by atoms with E-state index in [1.807, 2.05) is 0 Å². The van der Waals surface area contributed by atoms with Crippen LogP contribution in [-0.2, 0) is 65.6 Å². The number of nitrogens with one attached hydrogen (secondary N) is 7. The summed E-state index contributed by atoms with van der Waals surface area (Å²) in [6.45, 7) is -0.147. The van der Waals surface area contributed by atoms with Gasteiger partial charge in [-0.15, -0.1) is 0 Å². The lowest BCUT2D eigenvalue weighted by Crippen LogP contribution is -2.61. The second-order valence-corrected chi connectivity index (χ2v) is 20.0. The van der Waals surface area contributed by atoms with Crippen LogP contribution in [0.5, 0.6) is 5.75 Å². The minimum Gasteiger partial charge on any atom is -0.508 e. The van der Waals surface area contributed by atoms with Gasteiger partial charge in [0.25, 0.3) is 0 Å². The molecular formula is C46H65N13O12S2. The van der Waals surface area contributed by atoms with Crippen molar-refractivity contribution >= 4 is 86.6 Å². The van der Waals surface area contributed by atoms with E-state index in [2.05, 4.69) is 37.2 Å². The van der Waals surface area contributed by atoms with Crippen molar-refractivity contribution in [1.29, 1.82) is 0 Å². The minimum atomic E-state index is -1.78. The van der Waals surface area contributed by atoms with E-state index in [0.717, 1.165) is 21.6 Å². The van der Waals surface area contributed by atoms with Gasteiger partial charge in [0, 0.05) is 37.3 Å². The number of amides is 11. The molecule has 2 aliphatic heterocycles. The van der Waals surface area contributed by atoms with Crippen LogP contribution in [0, 0.1) is 0 Å². The molecule has 11 amide bonds. The topological polar surface area (TPSA) is 426 Å². The molecule has 2 aliphatic rings. The van der Waals surface area contributed by atoms with Gasteiger partial charge in [-0.1, -0.05) is 64.1 Å². The third-order valence-corrected chi connectivity index (χ3v) is 14.1. The second kappa shape index (κ2) is 29.5. The van der Waals surface area contributed by atoms with Crippen molar-refractivity contribution in [3.63, 3.8) is 0 Å². The summed E-state index contributed by atoms with van der Waals surface area (Å²) in [7, 11) is 2.02. The molecule has 0 aliphatic carbocycles. The zero-order chi connectivity index (χ0) is 53.6. The fourth-order valence-corrected chi connectivity index (χ4v) is 10.1. The van der Waals surface area contributed by atoms with Crippen LogP contribution in [0.4, 0.5) is 0 Å². The number of carbonyl (C=O) groups is 11. The minimum absolute atomic E-state index is 0.0324. The van der Waals surface area contributed by atoms with Gasteiger partial charge in [-0.3, -0.25) is 52.7 Å². The molecule has 2 aromatic carbocycles. The number of unbranched alkanes of at least 4 members (excludes halogenated alkanes) is 1. The number of aromatic hydroxyl groups is 1. The van der Waals surface area contributed by atoms with Crippen LogP contribution in [0.1, 0.15) is 62.5 Å². The number of nitrogens with two attached hydrogens (primary N) is 5. The van der Waals surface area contributed by atoms with E-state index in [0.29, 0.717) is 36.9 Å². The number of phenols is 1. The average molecular weight is 1060 g/mol. The highest BCUT2D eigenvalue weighted by Gasteiger charge is 2.40. The lowest BCUT2D eigenvalue weighted by atomic mass is 10.0. The molecule has 73 heavy (non-hydrogen) atoms. The maximum absolute atomic E-state index is 14.6. The molecule has 8 atom stereocenters. The Morgan fingerprint density at radius 2 is 1.27 bits per heavy atom. The maximum atomic E-state index is 14.6. The average Bonchev–Trinajstić information content (AvgIpc) is 3.85. The van der Waals surface area contributed by atoms with Crippen LogP contribution < -0.4 is 65.9 Å². The van der Waals surface area contributed by atoms with E-state index in [4.69, 9.17) is 28.7 Å². The first-order chi connectivity index (χ1) is 34.8. The molecule has 0 spiro atoms. The molecule has 0 bridgehead atoms. The summed E-state index contributed by atoms with van der Waals surface area (Å²) in [6, 6.07) is 3.09. The van der Waals surface area contributed by atoms with Gasteiger partial charge < -0.3 is 75.9 Å². The molecule has 0 aromatic heterocycles. The van der Waals surface area contributed by atoms with Crippen LogP contribution in [0.2, 0.25) is 0 Å². The molecule has 2 fully saturated rings. The Morgan fingerprint density at radius 3 is 1.89 bits per heavy atom. The summed E-state index contributed by atoms with van der Waals surface area (Å²) < 4.78 is 0. The largest absolute Gasteiger partial charge is 0.508 e. The third-order valence-electron chi connectivity index (χ3n) is 11.6. The van der Waals surface area contributed by atoms with Crippen LogP contribution in [0.15, 0.2) is 54.6 Å². The molecule has 4 rings (SSSR count). The SMILES string of the molecule is NCCCC[C@H](NC(=O)[C@@H]1CCCN1C(=O)C1CSSCC(N)C(=O)NC(Cc2ccc(O)cc2)C(=O)NC(Cc2ccccc2)C(=O)NC(CCC(N)=O)C(=O)NC(CC(N)=O)C(=O)N1)C(=O)NCC(N)=O. The fourth-order valence-electron chi connectivity index (χ4n) is 7.79. The molecule has 0 saturated carbocycles. The summed E-state index contributed by atoms with van der Waals surface area (Å²) in [5, 5.41) is 27.7. The van der Waals surface area contributed by atoms with Crippen LogP contribution in [0.25, 0.3) is 0 Å². The van der Waals surface area contributed by atoms with E-state index < -0.39 is 139 Å². The lowest BCUT2D eigenvalue weighted by Gasteiger charge is -2.31. The Bertz CT molecular complexity index is 2300. The van der Waals surface area contributed by atoms with Crippen LogP contribution in [-0.4, -0.2) is 154 Å². The van der Waals surface area contributed by atoms with Gasteiger partial charge in [-0.05, 0) is 68.3 Å². The number of likely N-dealkylation sites (tertiary alicyclic amines) is 1. The highest BCUT2D eigenvalue weighted by molar-refractivity contribution is 8.76. The third kappa shape index (κ3) is 19.5. The number of carbonyl (C=O) groups excluding carboxylic acids is 11. The van der Waals surface area contributed by atoms with Crippen molar-refractivity contribution in [1.82, 2.24) is 42.1 Å². The van der Waals surface area contributed by atoms with Crippen molar-refractivity contribution in [2.24, 2.45) is 28.7 Å². The van der Waals surface area contributed by atoms with Crippen molar-refractivity contribution in [3.05, 3.63) is 65.7 Å². The Balaban J connectivity index is 1.71. The second-order valence-electron chi connectivity index (χ2n) is 17.4. The first-order valence-electron chi connectivity index (χ1n) is 23.5. The van der Waals surface area contributed by atoms with Crippen LogP contribution >= 0.6 is 21.6 Å². The number of phenolic OH excluding ortho intramolecular Hbond substituents is 1. The number of rotatable bonds is 19. The molecule has 2 saturated heterocycles. The van der Waals surface area contributed by atoms with Gasteiger partial charge >= 0.3 is 0 Å². The van der Waals surface area contributed by atoms with E-state index >= 15 is 0 Å². The van der Waals surface area contributed by atoms with Crippen molar-refractivity contribution in [2.45, 2.75) is 113 Å². The molecule has 398 valence electrons. The number of hydrogen-bond donors (Lipinski definition) is 13. The summed E-state index contributed by atoms with van der Waals surface area (Å²) in [5.41, 5.74) is 29.2. The predicted molar refractivity (Wildman–Crippen MR) is 269 cm³/mol. The predicted octanol–water partition coefficient (Wildman–Crippen LogP) is -4.33. The normalized spacial score (nSPS) is 23.0. The van der Waals surface area contributed by atoms with E-state index in [1.165, 1.54) is 29.2 Å². The highest BCUT2D eigenvalue weighted by Crippen LogP contribution is 2.26. The Hall–Kier alpha value is -6.97. The molecular weight excluding hydrogens is 991 g/mol. The molecule has 18 N–H and O–H groups in total. The summed E-state index contributed by atoms with van der Waals surface area (Å²) >= 11 is 0. The summed E-state index contributed by atoms with van der Waals surface area (Å²) in [6.07, 6.45) is -0.386. The van der Waals surface area contributed by atoms with Crippen molar-refractivity contribution in [3.8, 4) is 5.75 Å². The van der Waals surface area contributed by atoms with Crippen molar-refractivity contribution in [2.75, 3.05) is 31.1 Å². The van der Waals surface area contributed by atoms with Gasteiger partial charge in [-0.2, -0.15) is 0 Å². The fraction of sp³-hybridized carbons (Fsp3) is 0.500. The van der Waals surface area contributed by atoms with E-state index in [-0.39, 0.29) is 49.5 Å². The molecule has 25 nitrogen and oxygen atoms in total. The smallest absolute Gasteiger partial charge is 0.246 e. The lowest BCUT2D eigenvalue weighted by molar-refractivity contribution is -0.142. The maximum Gasteiger partial charge on any atom is 0.246 e. The zero-order valence-electron chi connectivity index (χ0n) is 40.0. The van der Waals surface area contributed by atoms with Crippen molar-refractivity contribution < 1.29 is 57.8 Å². The van der Waals surface area contributed by atoms with Gasteiger partial charge in [0.2, 0.25) is 65.0 Å². The monoisotopic (exact) mass is 1060 g/mol. The summed E-state index contributed by atoms with van der Waals surface area (Å²) in [5.74, 6) is -10.0. The number of primary amides is 3. The van der Waals surface area contributed by atoms with Gasteiger partial charge in [0.05, 0.1) is 19.0 Å². The molecule has 2 heterocycles. The standard InChI is InChI=1S/C46H65N13O12S2/c47-17-5-4-9-29(40(65)52-22-38(51)63)54-45(70)35-10-6-18-59(35)46(71)34-24-73-72-23-28(48)39(64)55-31(20-26-11-13-27(60)14-12-26)43(68)56-32(19-25-7-2-1-3-8-25)42(67)53-30(15-16-36(49)61)41(66)57-33(21-37(50)62)44(69)58-34/h1-3,7-8,11-14,28-35,60H,4-6,9-10,15-24,47-48H2,(H2,49,61)(H2,50,62)(H2,51,63)(H,52,65)(H,53,67)(H,54,70)(H,55,64)(H,56,68)(H,57,66)(H,58,69)/t28?,29-,30?,31?,32?,33?,34?,35-/m0/s1. The van der Waals surface area contributed by atoms with E-state index in [9.17, 15) is 57.8 Å². The van der Waals surface area contributed by atoms with E-state index in [1.54, 1.807) is 30.3 Å². The molecule has 6 unspecified atom stereocenters. The zero-order valence-corrected chi connectivity index (χ0v) is 41.6. The number of benzene rings is 2. The quantitative estimate of drug-likeness (QED) is 0.0467. The Kier molecular flexibility index (Phi) is 23.7. The molecule has 2 aromatic rings. The van der Waals surface area contributed by atoms with Gasteiger partial charge in [0.1, 0.15) is 48.0 Å².